The molecule has 0 bridgehead atoms. The lowest BCUT2D eigenvalue weighted by atomic mass is 10.1. The number of ketones is 1. The molecule has 31 heavy (non-hydrogen) atoms. The standard InChI is InChI=1S/C24H20ClNO3S2/c1-4-29-23(28)18-17-7-5-6-12-26(17)20-19(18)22(31-24(20)30-13-14(2)3)21(27)15-8-10-16(25)11-9-15/h5-12H,2,4,13H2,1,3H3. The van der Waals surface area contributed by atoms with Gasteiger partial charge < -0.3 is 9.14 Å². The lowest BCUT2D eigenvalue weighted by molar-refractivity contribution is 0.0531. The Morgan fingerprint density at radius 3 is 2.61 bits per heavy atom. The third kappa shape index (κ3) is 4.03. The number of esters is 1. The third-order valence-corrected chi connectivity index (χ3v) is 7.62. The number of hydrogen-bond acceptors (Lipinski definition) is 5. The van der Waals surface area contributed by atoms with Crippen LogP contribution in [0, 0.1) is 0 Å². The molecule has 0 unspecified atom stereocenters. The molecule has 0 N–H and O–H groups in total. The zero-order valence-electron chi connectivity index (χ0n) is 17.1. The van der Waals surface area contributed by atoms with Crippen molar-refractivity contribution in [3.63, 3.8) is 0 Å². The van der Waals surface area contributed by atoms with Crippen LogP contribution in [0.25, 0.3) is 16.4 Å². The van der Waals surface area contributed by atoms with Gasteiger partial charge in [-0.1, -0.05) is 29.8 Å². The van der Waals surface area contributed by atoms with Gasteiger partial charge >= 0.3 is 5.97 Å². The van der Waals surface area contributed by atoms with Gasteiger partial charge in [0, 0.05) is 27.9 Å². The summed E-state index contributed by atoms with van der Waals surface area (Å²) in [6, 6.07) is 12.5. The quantitative estimate of drug-likeness (QED) is 0.128. The number of ether oxygens (including phenoxy) is 1. The van der Waals surface area contributed by atoms with E-state index >= 15 is 0 Å². The molecule has 158 valence electrons. The number of pyridine rings is 1. The van der Waals surface area contributed by atoms with Crippen LogP contribution in [-0.4, -0.2) is 28.5 Å². The number of fused-ring (bicyclic) bond motifs is 3. The van der Waals surface area contributed by atoms with Gasteiger partial charge in [-0.2, -0.15) is 0 Å². The molecule has 0 atom stereocenters. The highest BCUT2D eigenvalue weighted by atomic mass is 35.5. The summed E-state index contributed by atoms with van der Waals surface area (Å²) in [6.45, 7) is 7.99. The number of halogens is 1. The summed E-state index contributed by atoms with van der Waals surface area (Å²) in [4.78, 5) is 27.0. The number of benzene rings is 1. The van der Waals surface area contributed by atoms with E-state index in [1.54, 1.807) is 43.0 Å². The summed E-state index contributed by atoms with van der Waals surface area (Å²) in [5.74, 6) is 0.148. The monoisotopic (exact) mass is 469 g/mol. The van der Waals surface area contributed by atoms with Crippen LogP contribution in [0.15, 0.2) is 65.0 Å². The molecule has 0 fully saturated rings. The van der Waals surface area contributed by atoms with Crippen molar-refractivity contribution in [1.29, 1.82) is 0 Å². The van der Waals surface area contributed by atoms with Crippen LogP contribution in [-0.2, 0) is 4.74 Å². The fourth-order valence-electron chi connectivity index (χ4n) is 3.41. The Balaban J connectivity index is 2.02. The Kier molecular flexibility index (Phi) is 6.23. The van der Waals surface area contributed by atoms with Crippen LogP contribution in [0.2, 0.25) is 5.02 Å². The predicted molar refractivity (Wildman–Crippen MR) is 129 cm³/mol. The minimum absolute atomic E-state index is 0.143. The van der Waals surface area contributed by atoms with Gasteiger partial charge in [-0.3, -0.25) is 4.79 Å². The summed E-state index contributed by atoms with van der Waals surface area (Å²) in [5, 5.41) is 1.20. The molecular weight excluding hydrogens is 450 g/mol. The topological polar surface area (TPSA) is 47.8 Å². The van der Waals surface area contributed by atoms with E-state index in [4.69, 9.17) is 16.3 Å². The number of thiophene rings is 1. The van der Waals surface area contributed by atoms with E-state index in [9.17, 15) is 9.59 Å². The van der Waals surface area contributed by atoms with Crippen molar-refractivity contribution in [2.75, 3.05) is 12.4 Å². The van der Waals surface area contributed by atoms with Crippen molar-refractivity contribution in [1.82, 2.24) is 4.40 Å². The molecule has 0 saturated carbocycles. The zero-order chi connectivity index (χ0) is 22.1. The first-order valence-electron chi connectivity index (χ1n) is 9.72. The van der Waals surface area contributed by atoms with Gasteiger partial charge in [0.1, 0.15) is 0 Å². The third-order valence-electron chi connectivity index (χ3n) is 4.70. The summed E-state index contributed by atoms with van der Waals surface area (Å²) < 4.78 is 8.30. The number of rotatable bonds is 7. The van der Waals surface area contributed by atoms with Crippen molar-refractivity contribution >= 4 is 62.9 Å². The van der Waals surface area contributed by atoms with E-state index < -0.39 is 5.97 Å². The molecule has 4 rings (SSSR count). The molecule has 0 saturated heterocycles. The van der Waals surface area contributed by atoms with E-state index in [-0.39, 0.29) is 12.4 Å². The summed E-state index contributed by atoms with van der Waals surface area (Å²) in [6.07, 6.45) is 1.91. The molecule has 4 nitrogen and oxygen atoms in total. The van der Waals surface area contributed by atoms with Crippen LogP contribution in [0.3, 0.4) is 0 Å². The van der Waals surface area contributed by atoms with E-state index in [1.807, 2.05) is 35.7 Å². The molecule has 0 aliphatic heterocycles. The van der Waals surface area contributed by atoms with Crippen LogP contribution in [0.1, 0.15) is 39.4 Å². The van der Waals surface area contributed by atoms with Crippen molar-refractivity contribution in [3.05, 3.63) is 81.8 Å². The predicted octanol–water partition coefficient (Wildman–Crippen LogP) is 6.88. The Morgan fingerprint density at radius 2 is 1.94 bits per heavy atom. The fourth-order valence-corrected chi connectivity index (χ4v) is 5.91. The van der Waals surface area contributed by atoms with Crippen molar-refractivity contribution in [2.45, 2.75) is 18.1 Å². The first kappa shape index (κ1) is 21.7. The van der Waals surface area contributed by atoms with E-state index in [0.29, 0.717) is 26.4 Å². The second-order valence-corrected chi connectivity index (χ2v) is 9.78. The van der Waals surface area contributed by atoms with Gasteiger partial charge in [-0.25, -0.2) is 4.79 Å². The van der Waals surface area contributed by atoms with Crippen LogP contribution in [0.4, 0.5) is 0 Å². The minimum atomic E-state index is -0.430. The molecule has 7 heteroatoms. The average Bonchev–Trinajstić information content (AvgIpc) is 3.28. The fraction of sp³-hybridized carbons (Fsp3) is 0.167. The lowest BCUT2D eigenvalue weighted by Gasteiger charge is -2.04. The van der Waals surface area contributed by atoms with E-state index in [0.717, 1.165) is 26.6 Å². The number of nitrogens with zero attached hydrogens (tertiary/aromatic N) is 1. The highest BCUT2D eigenvalue weighted by Crippen LogP contribution is 2.44. The van der Waals surface area contributed by atoms with Gasteiger partial charge in [0.15, 0.2) is 0 Å². The highest BCUT2D eigenvalue weighted by molar-refractivity contribution is 8.01. The highest BCUT2D eigenvalue weighted by Gasteiger charge is 2.29. The number of carbonyl (C=O) groups excluding carboxylic acids is 2. The Hall–Kier alpha value is -2.54. The van der Waals surface area contributed by atoms with E-state index in [1.165, 1.54) is 11.3 Å². The number of thioether (sulfide) groups is 1. The normalized spacial score (nSPS) is 11.2. The second kappa shape index (κ2) is 8.91. The van der Waals surface area contributed by atoms with Gasteiger partial charge in [0.05, 0.1) is 32.3 Å². The van der Waals surface area contributed by atoms with Crippen molar-refractivity contribution in [3.8, 4) is 0 Å². The molecule has 0 aliphatic rings. The number of carbonyl (C=O) groups is 2. The van der Waals surface area contributed by atoms with Crippen LogP contribution >= 0.6 is 34.7 Å². The van der Waals surface area contributed by atoms with Gasteiger partial charge in [0.25, 0.3) is 0 Å². The Labute approximate surface area is 193 Å². The first-order chi connectivity index (χ1) is 14.9. The molecule has 0 aliphatic carbocycles. The second-order valence-electron chi connectivity index (χ2n) is 7.08. The molecule has 0 amide bonds. The van der Waals surface area contributed by atoms with Gasteiger partial charge in [-0.05, 0) is 50.2 Å². The molecule has 3 aromatic heterocycles. The number of aromatic nitrogens is 1. The maximum absolute atomic E-state index is 13.5. The largest absolute Gasteiger partial charge is 0.462 e. The van der Waals surface area contributed by atoms with Crippen LogP contribution in [0.5, 0.6) is 0 Å². The maximum atomic E-state index is 13.5. The Bertz CT molecular complexity index is 1320. The molecule has 1 aromatic carbocycles. The van der Waals surface area contributed by atoms with E-state index in [2.05, 4.69) is 6.58 Å². The summed E-state index contributed by atoms with van der Waals surface area (Å²) in [7, 11) is 0. The summed E-state index contributed by atoms with van der Waals surface area (Å²) >= 11 is 9.03. The molecule has 0 spiro atoms. The first-order valence-corrected chi connectivity index (χ1v) is 11.9. The lowest BCUT2D eigenvalue weighted by Crippen LogP contribution is -2.06. The van der Waals surface area contributed by atoms with Gasteiger partial charge in [-0.15, -0.1) is 23.1 Å². The molecule has 3 heterocycles. The Morgan fingerprint density at radius 1 is 1.19 bits per heavy atom. The smallest absolute Gasteiger partial charge is 0.341 e. The zero-order valence-corrected chi connectivity index (χ0v) is 19.5. The SMILES string of the molecule is C=C(C)CSc1sc(C(=O)c2ccc(Cl)cc2)c2c(C(=O)OCC)c3ccccn3c12. The molecular formula is C24H20ClNO3S2. The van der Waals surface area contributed by atoms with Crippen molar-refractivity contribution in [2.24, 2.45) is 0 Å². The maximum Gasteiger partial charge on any atom is 0.341 e. The molecule has 0 radical (unpaired) electrons. The van der Waals surface area contributed by atoms with Crippen LogP contribution < -0.4 is 0 Å². The van der Waals surface area contributed by atoms with Crippen molar-refractivity contribution < 1.29 is 14.3 Å². The summed E-state index contributed by atoms with van der Waals surface area (Å²) in [5.41, 5.74) is 3.55. The minimum Gasteiger partial charge on any atom is -0.462 e. The number of hydrogen-bond donors (Lipinski definition) is 0. The van der Waals surface area contributed by atoms with Gasteiger partial charge in [0.2, 0.25) is 5.78 Å². The average molecular weight is 470 g/mol. The molecule has 4 aromatic rings.